The van der Waals surface area contributed by atoms with Crippen LogP contribution in [-0.2, 0) is 0 Å². The summed E-state index contributed by atoms with van der Waals surface area (Å²) in [5.41, 5.74) is 1.63. The maximum Gasteiger partial charge on any atom is 0.261 e. The highest BCUT2D eigenvalue weighted by Crippen LogP contribution is 2.35. The van der Waals surface area contributed by atoms with Crippen LogP contribution in [0.25, 0.3) is 11.1 Å². The summed E-state index contributed by atoms with van der Waals surface area (Å²) in [7, 11) is 0. The van der Waals surface area contributed by atoms with E-state index >= 15 is 0 Å². The van der Waals surface area contributed by atoms with Gasteiger partial charge >= 0.3 is 0 Å². The van der Waals surface area contributed by atoms with Crippen molar-refractivity contribution in [1.82, 2.24) is 4.98 Å². The van der Waals surface area contributed by atoms with Gasteiger partial charge in [-0.3, -0.25) is 0 Å². The minimum Gasteiger partial charge on any atom is -0.431 e. The second-order valence-corrected chi connectivity index (χ2v) is 5.69. The van der Waals surface area contributed by atoms with Crippen molar-refractivity contribution in [1.29, 1.82) is 5.26 Å². The third kappa shape index (κ3) is 2.30. The minimum atomic E-state index is -0.490. The highest BCUT2D eigenvalue weighted by atomic mass is 79.9. The van der Waals surface area contributed by atoms with Gasteiger partial charge in [-0.1, -0.05) is 12.1 Å². The molecule has 98 valence electrons. The molecule has 0 unspecified atom stereocenters. The van der Waals surface area contributed by atoms with Crippen LogP contribution in [-0.4, -0.2) is 4.98 Å². The molecule has 0 amide bonds. The van der Waals surface area contributed by atoms with E-state index < -0.39 is 5.82 Å². The van der Waals surface area contributed by atoms with Crippen molar-refractivity contribution >= 4 is 38.8 Å². The highest BCUT2D eigenvalue weighted by molar-refractivity contribution is 9.10. The van der Waals surface area contributed by atoms with Crippen molar-refractivity contribution in [3.8, 4) is 6.07 Å². The Morgan fingerprint density at radius 2 is 2.05 bits per heavy atom. The number of para-hydroxylation sites is 2. The second-order valence-electron chi connectivity index (χ2n) is 3.90. The Morgan fingerprint density at radius 3 is 2.80 bits per heavy atom. The number of halogens is 2. The Balaban J connectivity index is 1.99. The van der Waals surface area contributed by atoms with Crippen molar-refractivity contribution in [2.75, 3.05) is 0 Å². The molecule has 0 aliphatic carbocycles. The smallest absolute Gasteiger partial charge is 0.261 e. The number of nitrogens with zero attached hydrogens (tertiary/aromatic N) is 2. The summed E-state index contributed by atoms with van der Waals surface area (Å²) in [5, 5.41) is 9.20. The molecular formula is C14H6BrFN2OS. The lowest BCUT2D eigenvalue weighted by atomic mass is 10.2. The number of benzene rings is 2. The van der Waals surface area contributed by atoms with Crippen LogP contribution in [0.15, 0.2) is 55.4 Å². The fraction of sp³-hybridized carbons (Fsp3) is 0. The summed E-state index contributed by atoms with van der Waals surface area (Å²) in [6.07, 6.45) is 0. The standard InChI is InChI=1S/C14H6BrFN2OS/c15-12-8(7-17)5-6-11(13(12)16)20-14-18-9-3-1-2-4-10(9)19-14/h1-6H. The van der Waals surface area contributed by atoms with E-state index in [9.17, 15) is 4.39 Å². The lowest BCUT2D eigenvalue weighted by Crippen LogP contribution is -1.87. The molecule has 0 atom stereocenters. The van der Waals surface area contributed by atoms with E-state index in [1.807, 2.05) is 24.3 Å². The van der Waals surface area contributed by atoms with E-state index in [0.29, 0.717) is 15.7 Å². The number of fused-ring (bicyclic) bond motifs is 1. The molecule has 6 heteroatoms. The summed E-state index contributed by atoms with van der Waals surface area (Å²) in [6, 6.07) is 12.3. The first-order valence-electron chi connectivity index (χ1n) is 5.60. The van der Waals surface area contributed by atoms with Crippen LogP contribution in [0.3, 0.4) is 0 Å². The van der Waals surface area contributed by atoms with E-state index in [0.717, 1.165) is 17.3 Å². The summed E-state index contributed by atoms with van der Waals surface area (Å²) in [5.74, 6) is -0.490. The van der Waals surface area contributed by atoms with Crippen LogP contribution >= 0.6 is 27.7 Å². The topological polar surface area (TPSA) is 49.8 Å². The Hall–Kier alpha value is -1.84. The van der Waals surface area contributed by atoms with Gasteiger partial charge in [-0.05, 0) is 52.0 Å². The van der Waals surface area contributed by atoms with Gasteiger partial charge in [0, 0.05) is 0 Å². The first-order chi connectivity index (χ1) is 9.69. The third-order valence-corrected chi connectivity index (χ3v) is 4.30. The van der Waals surface area contributed by atoms with Crippen LogP contribution in [0.4, 0.5) is 4.39 Å². The van der Waals surface area contributed by atoms with Crippen LogP contribution in [0.5, 0.6) is 0 Å². The average molecular weight is 349 g/mol. The molecule has 0 aliphatic heterocycles. The number of hydrogen-bond donors (Lipinski definition) is 0. The lowest BCUT2D eigenvalue weighted by Gasteiger charge is -2.02. The number of aromatic nitrogens is 1. The van der Waals surface area contributed by atoms with Gasteiger partial charge in [0.25, 0.3) is 5.22 Å². The average Bonchev–Trinajstić information content (AvgIpc) is 2.86. The van der Waals surface area contributed by atoms with Gasteiger partial charge in [0.05, 0.1) is 14.9 Å². The Kier molecular flexibility index (Phi) is 3.47. The molecule has 2 aromatic carbocycles. The van der Waals surface area contributed by atoms with E-state index in [-0.39, 0.29) is 10.0 Å². The highest BCUT2D eigenvalue weighted by Gasteiger charge is 2.15. The van der Waals surface area contributed by atoms with E-state index in [2.05, 4.69) is 20.9 Å². The molecule has 0 spiro atoms. The van der Waals surface area contributed by atoms with Gasteiger partial charge in [0.1, 0.15) is 11.6 Å². The molecule has 3 rings (SSSR count). The predicted octanol–water partition coefficient (Wildman–Crippen LogP) is 4.75. The van der Waals surface area contributed by atoms with Gasteiger partial charge < -0.3 is 4.42 Å². The monoisotopic (exact) mass is 348 g/mol. The van der Waals surface area contributed by atoms with Crippen molar-refractivity contribution in [2.24, 2.45) is 0 Å². The molecule has 0 saturated carbocycles. The van der Waals surface area contributed by atoms with E-state index in [4.69, 9.17) is 9.68 Å². The summed E-state index contributed by atoms with van der Waals surface area (Å²) in [6.45, 7) is 0. The molecular weight excluding hydrogens is 343 g/mol. The zero-order chi connectivity index (χ0) is 14.1. The van der Waals surface area contributed by atoms with Gasteiger partial charge in [0.2, 0.25) is 0 Å². The second kappa shape index (κ2) is 5.27. The minimum absolute atomic E-state index is 0.154. The predicted molar refractivity (Wildman–Crippen MR) is 76.9 cm³/mol. The molecule has 0 N–H and O–H groups in total. The molecule has 0 radical (unpaired) electrons. The van der Waals surface area contributed by atoms with Crippen molar-refractivity contribution in [2.45, 2.75) is 10.1 Å². The maximum atomic E-state index is 14.1. The maximum absolute atomic E-state index is 14.1. The van der Waals surface area contributed by atoms with Crippen LogP contribution < -0.4 is 0 Å². The molecule has 0 bridgehead atoms. The van der Waals surface area contributed by atoms with Crippen molar-refractivity contribution in [3.05, 3.63) is 52.3 Å². The lowest BCUT2D eigenvalue weighted by molar-refractivity contribution is 0.488. The van der Waals surface area contributed by atoms with Crippen molar-refractivity contribution in [3.63, 3.8) is 0 Å². The fourth-order valence-corrected chi connectivity index (χ4v) is 3.04. The fourth-order valence-electron chi connectivity index (χ4n) is 1.69. The molecule has 1 heterocycles. The Labute approximate surface area is 126 Å². The zero-order valence-electron chi connectivity index (χ0n) is 9.93. The van der Waals surface area contributed by atoms with Crippen molar-refractivity contribution < 1.29 is 8.81 Å². The number of rotatable bonds is 2. The van der Waals surface area contributed by atoms with Gasteiger partial charge in [-0.25, -0.2) is 9.37 Å². The molecule has 20 heavy (non-hydrogen) atoms. The molecule has 3 nitrogen and oxygen atoms in total. The number of hydrogen-bond acceptors (Lipinski definition) is 4. The number of nitriles is 1. The van der Waals surface area contributed by atoms with Crippen LogP contribution in [0.1, 0.15) is 5.56 Å². The van der Waals surface area contributed by atoms with E-state index in [1.165, 1.54) is 6.07 Å². The molecule has 3 aromatic rings. The van der Waals surface area contributed by atoms with Gasteiger partial charge in [-0.15, -0.1) is 0 Å². The van der Waals surface area contributed by atoms with Gasteiger partial charge in [-0.2, -0.15) is 5.26 Å². The summed E-state index contributed by atoms with van der Waals surface area (Å²) in [4.78, 5) is 4.62. The first-order valence-corrected chi connectivity index (χ1v) is 7.21. The molecule has 0 saturated heterocycles. The Bertz CT molecular complexity index is 808. The largest absolute Gasteiger partial charge is 0.431 e. The van der Waals surface area contributed by atoms with Crippen LogP contribution in [0, 0.1) is 17.1 Å². The van der Waals surface area contributed by atoms with Crippen LogP contribution in [0.2, 0.25) is 0 Å². The molecule has 0 fully saturated rings. The Morgan fingerprint density at radius 1 is 1.25 bits per heavy atom. The third-order valence-electron chi connectivity index (χ3n) is 2.64. The number of oxazole rings is 1. The summed E-state index contributed by atoms with van der Waals surface area (Å²) < 4.78 is 19.8. The molecule has 1 aromatic heterocycles. The summed E-state index contributed by atoms with van der Waals surface area (Å²) >= 11 is 4.16. The SMILES string of the molecule is N#Cc1ccc(Sc2nc3ccccc3o2)c(F)c1Br. The quantitative estimate of drug-likeness (QED) is 0.670. The van der Waals surface area contributed by atoms with E-state index in [1.54, 1.807) is 12.1 Å². The molecule has 0 aliphatic rings. The first kappa shape index (κ1) is 13.2. The normalized spacial score (nSPS) is 10.7. The van der Waals surface area contributed by atoms with Gasteiger partial charge in [0.15, 0.2) is 11.4 Å². The zero-order valence-corrected chi connectivity index (χ0v) is 12.3.